The van der Waals surface area contributed by atoms with Gasteiger partial charge in [0.15, 0.2) is 21.8 Å². The molecule has 0 saturated carbocycles. The molecule has 0 aromatic carbocycles. The number of carbonyl (C=O) groups is 2. The number of nitrogens with zero attached hydrogens (tertiary/aromatic N) is 4. The van der Waals surface area contributed by atoms with E-state index < -0.39 is 0 Å². The lowest BCUT2D eigenvalue weighted by Gasteiger charge is -2.00. The number of aromatic nitrogens is 5. The number of imidazole rings is 1. The highest BCUT2D eigenvalue weighted by molar-refractivity contribution is 7.99. The van der Waals surface area contributed by atoms with Crippen LogP contribution in [0.1, 0.15) is 17.5 Å². The highest BCUT2D eigenvalue weighted by atomic mass is 32.2. The van der Waals surface area contributed by atoms with Gasteiger partial charge in [0.25, 0.3) is 0 Å². The summed E-state index contributed by atoms with van der Waals surface area (Å²) >= 11 is 2.47. The Balaban J connectivity index is 1.57. The van der Waals surface area contributed by atoms with E-state index in [0.29, 0.717) is 39.6 Å². The molecule has 142 valence electrons. The highest BCUT2D eigenvalue weighted by Gasteiger charge is 2.15. The summed E-state index contributed by atoms with van der Waals surface area (Å²) in [5.41, 5.74) is 7.43. The molecular weight excluding hydrogens is 390 g/mol. The number of nitrogen functional groups attached to an aromatic ring is 1. The number of aromatic amines is 1. The third-order valence-electron chi connectivity index (χ3n) is 3.39. The highest BCUT2D eigenvalue weighted by Crippen LogP contribution is 2.24. The normalized spacial score (nSPS) is 10.9. The Labute approximate surface area is 162 Å². The van der Waals surface area contributed by atoms with E-state index in [2.05, 4.69) is 30.2 Å². The Morgan fingerprint density at radius 1 is 1.37 bits per heavy atom. The molecule has 1 amide bonds. The summed E-state index contributed by atoms with van der Waals surface area (Å²) in [7, 11) is 0. The molecule has 10 nitrogen and oxygen atoms in total. The Morgan fingerprint density at radius 3 is 2.93 bits per heavy atom. The number of aryl methyl sites for hydroxylation is 1. The van der Waals surface area contributed by atoms with Crippen LogP contribution in [0.15, 0.2) is 11.5 Å². The number of esters is 1. The van der Waals surface area contributed by atoms with Gasteiger partial charge in [0.05, 0.1) is 24.5 Å². The largest absolute Gasteiger partial charge is 0.466 e. The van der Waals surface area contributed by atoms with Crippen molar-refractivity contribution in [1.82, 2.24) is 24.9 Å². The molecule has 0 unspecified atom stereocenters. The van der Waals surface area contributed by atoms with Crippen LogP contribution in [0.2, 0.25) is 0 Å². The maximum Gasteiger partial charge on any atom is 0.311 e. The zero-order valence-electron chi connectivity index (χ0n) is 14.6. The molecule has 12 heteroatoms. The number of anilines is 2. The fraction of sp³-hybridized carbons (Fsp3) is 0.333. The van der Waals surface area contributed by atoms with Crippen LogP contribution in [0.5, 0.6) is 0 Å². The maximum atomic E-state index is 12.2. The van der Waals surface area contributed by atoms with E-state index in [4.69, 9.17) is 10.5 Å². The average Bonchev–Trinajstić information content (AvgIpc) is 3.18. The van der Waals surface area contributed by atoms with Crippen LogP contribution in [0, 0.1) is 6.92 Å². The summed E-state index contributed by atoms with van der Waals surface area (Å²) in [5.74, 6) is -0.129. The van der Waals surface area contributed by atoms with Crippen LogP contribution in [-0.2, 0) is 20.7 Å². The first-order valence-corrected chi connectivity index (χ1v) is 9.77. The number of hydrogen-bond acceptors (Lipinski definition) is 10. The Hall–Kier alpha value is -2.73. The van der Waals surface area contributed by atoms with Gasteiger partial charge in [-0.2, -0.15) is 0 Å². The van der Waals surface area contributed by atoms with E-state index in [-0.39, 0.29) is 24.1 Å². The molecule has 3 aromatic heterocycles. The predicted molar refractivity (Wildman–Crippen MR) is 103 cm³/mol. The third kappa shape index (κ3) is 4.71. The molecule has 3 aromatic rings. The number of thioether (sulfide) groups is 1. The molecule has 3 rings (SSSR count). The van der Waals surface area contributed by atoms with Gasteiger partial charge >= 0.3 is 5.97 Å². The van der Waals surface area contributed by atoms with Gasteiger partial charge in [0.1, 0.15) is 11.8 Å². The van der Waals surface area contributed by atoms with Gasteiger partial charge in [-0.25, -0.2) is 19.9 Å². The lowest BCUT2D eigenvalue weighted by atomic mass is 10.3. The van der Waals surface area contributed by atoms with Crippen molar-refractivity contribution in [3.63, 3.8) is 0 Å². The first-order chi connectivity index (χ1) is 13.0. The van der Waals surface area contributed by atoms with Crippen LogP contribution in [0.4, 0.5) is 10.9 Å². The molecule has 0 fully saturated rings. The zero-order chi connectivity index (χ0) is 19.4. The van der Waals surface area contributed by atoms with E-state index in [1.54, 1.807) is 13.8 Å². The fourth-order valence-corrected chi connectivity index (χ4v) is 3.80. The number of nitrogens with two attached hydrogens (primary N) is 1. The average molecular weight is 407 g/mol. The van der Waals surface area contributed by atoms with E-state index in [9.17, 15) is 9.59 Å². The fourth-order valence-electron chi connectivity index (χ4n) is 2.17. The zero-order valence-corrected chi connectivity index (χ0v) is 16.2. The van der Waals surface area contributed by atoms with Crippen molar-refractivity contribution in [2.45, 2.75) is 25.4 Å². The number of fused-ring (bicyclic) bond motifs is 1. The van der Waals surface area contributed by atoms with E-state index >= 15 is 0 Å². The molecule has 0 aliphatic rings. The van der Waals surface area contributed by atoms with Gasteiger partial charge in [0, 0.05) is 4.88 Å². The number of carbonyl (C=O) groups excluding carboxylic acids is 2. The second kappa shape index (κ2) is 8.31. The van der Waals surface area contributed by atoms with Crippen molar-refractivity contribution >= 4 is 57.1 Å². The summed E-state index contributed by atoms with van der Waals surface area (Å²) in [6.07, 6.45) is 1.47. The predicted octanol–water partition coefficient (Wildman–Crippen LogP) is 1.54. The van der Waals surface area contributed by atoms with Crippen LogP contribution in [0.3, 0.4) is 0 Å². The van der Waals surface area contributed by atoms with Crippen molar-refractivity contribution in [3.8, 4) is 0 Å². The smallest absolute Gasteiger partial charge is 0.311 e. The van der Waals surface area contributed by atoms with E-state index in [0.717, 1.165) is 4.88 Å². The molecule has 4 N–H and O–H groups in total. The van der Waals surface area contributed by atoms with Gasteiger partial charge in [-0.05, 0) is 13.8 Å². The number of H-pyrrole nitrogens is 1. The molecular formula is C15H17N7O3S2. The van der Waals surface area contributed by atoms with Crippen molar-refractivity contribution in [2.24, 2.45) is 0 Å². The molecule has 0 atom stereocenters. The number of amides is 1. The third-order valence-corrected chi connectivity index (χ3v) is 5.33. The maximum absolute atomic E-state index is 12.2. The van der Waals surface area contributed by atoms with Crippen LogP contribution >= 0.6 is 23.1 Å². The SMILES string of the molecule is CCOC(=O)Cc1sc(NC(=O)CSc2nc3ncnc(N)c3[nH]2)nc1C. The Bertz CT molecular complexity index is 985. The van der Waals surface area contributed by atoms with Crippen molar-refractivity contribution in [1.29, 1.82) is 0 Å². The van der Waals surface area contributed by atoms with Crippen LogP contribution < -0.4 is 11.1 Å². The molecule has 0 spiro atoms. The summed E-state index contributed by atoms with van der Waals surface area (Å²) in [5, 5.41) is 3.69. The Morgan fingerprint density at radius 2 is 2.19 bits per heavy atom. The number of hydrogen-bond donors (Lipinski definition) is 3. The molecule has 0 saturated heterocycles. The monoisotopic (exact) mass is 407 g/mol. The number of rotatable bonds is 7. The molecule has 0 aliphatic carbocycles. The molecule has 0 bridgehead atoms. The number of ether oxygens (including phenoxy) is 1. The van der Waals surface area contributed by atoms with Gasteiger partial charge in [0.2, 0.25) is 5.91 Å². The number of thiazole rings is 1. The van der Waals surface area contributed by atoms with Crippen LogP contribution in [0.25, 0.3) is 11.2 Å². The first-order valence-electron chi connectivity index (χ1n) is 7.97. The standard InChI is InChI=1S/C15H17N7O3S2/c1-3-25-10(24)4-8-7(2)19-15(27-8)20-9(23)5-26-14-21-11-12(16)17-6-18-13(11)22-14/h6H,3-5H2,1-2H3,(H,19,20,23)(H3,16,17,18,21,22). The topological polar surface area (TPSA) is 149 Å². The molecule has 27 heavy (non-hydrogen) atoms. The molecule has 0 aliphatic heterocycles. The minimum Gasteiger partial charge on any atom is -0.466 e. The van der Waals surface area contributed by atoms with Gasteiger partial charge in [-0.3, -0.25) is 9.59 Å². The van der Waals surface area contributed by atoms with Crippen molar-refractivity contribution < 1.29 is 14.3 Å². The lowest BCUT2D eigenvalue weighted by molar-refractivity contribution is -0.142. The summed E-state index contributed by atoms with van der Waals surface area (Å²) in [4.78, 5) is 43.9. The molecule has 0 radical (unpaired) electrons. The lowest BCUT2D eigenvalue weighted by Crippen LogP contribution is -2.13. The van der Waals surface area contributed by atoms with Gasteiger partial charge in [-0.15, -0.1) is 11.3 Å². The quantitative estimate of drug-likeness (QED) is 0.391. The van der Waals surface area contributed by atoms with Crippen LogP contribution in [-0.4, -0.2) is 49.2 Å². The summed E-state index contributed by atoms with van der Waals surface area (Å²) in [6, 6.07) is 0. The Kier molecular flexibility index (Phi) is 5.86. The summed E-state index contributed by atoms with van der Waals surface area (Å²) < 4.78 is 4.93. The number of nitrogens with one attached hydrogen (secondary N) is 2. The minimum atomic E-state index is -0.315. The van der Waals surface area contributed by atoms with E-state index in [1.807, 2.05) is 0 Å². The van der Waals surface area contributed by atoms with Crippen molar-refractivity contribution in [3.05, 3.63) is 16.9 Å². The summed E-state index contributed by atoms with van der Waals surface area (Å²) in [6.45, 7) is 3.87. The van der Waals surface area contributed by atoms with Gasteiger partial charge in [-0.1, -0.05) is 11.8 Å². The minimum absolute atomic E-state index is 0.124. The van der Waals surface area contributed by atoms with Gasteiger partial charge < -0.3 is 20.8 Å². The van der Waals surface area contributed by atoms with E-state index in [1.165, 1.54) is 29.4 Å². The van der Waals surface area contributed by atoms with Crippen molar-refractivity contribution in [2.75, 3.05) is 23.4 Å². The first kappa shape index (κ1) is 19.0. The second-order valence-electron chi connectivity index (χ2n) is 5.35. The molecule has 3 heterocycles. The second-order valence-corrected chi connectivity index (χ2v) is 7.39.